The predicted octanol–water partition coefficient (Wildman–Crippen LogP) is 5.24. The van der Waals surface area contributed by atoms with E-state index >= 15 is 0 Å². The highest BCUT2D eigenvalue weighted by molar-refractivity contribution is 7.80. The van der Waals surface area contributed by atoms with Crippen molar-refractivity contribution in [3.8, 4) is 5.69 Å². The van der Waals surface area contributed by atoms with Gasteiger partial charge in [-0.3, -0.25) is 9.78 Å². The molecule has 5 rings (SSSR count). The lowest BCUT2D eigenvalue weighted by Crippen LogP contribution is -2.37. The monoisotopic (exact) mass is 499 g/mol. The van der Waals surface area contributed by atoms with Crippen LogP contribution in [0.15, 0.2) is 85.1 Å². The fourth-order valence-electron chi connectivity index (χ4n) is 4.87. The lowest BCUT2D eigenvalue weighted by Gasteiger charge is -2.27. The van der Waals surface area contributed by atoms with E-state index in [1.807, 2.05) is 67.3 Å². The Morgan fingerprint density at radius 2 is 1.78 bits per heavy atom. The van der Waals surface area contributed by atoms with Gasteiger partial charge in [0, 0.05) is 29.0 Å². The fourth-order valence-corrected chi connectivity index (χ4v) is 5.17. The van der Waals surface area contributed by atoms with Gasteiger partial charge in [0.15, 0.2) is 5.11 Å². The van der Waals surface area contributed by atoms with Gasteiger partial charge in [0.2, 0.25) is 5.91 Å². The van der Waals surface area contributed by atoms with E-state index in [0.717, 1.165) is 34.0 Å². The molecule has 0 aliphatic carbocycles. The number of para-hydroxylation sites is 1. The normalized spacial score (nSPS) is 17.2. The average Bonchev–Trinajstić information content (AvgIpc) is 3.35. The number of carbonyl (C=O) groups excluding carboxylic acids is 1. The number of halogens is 1. The molecule has 36 heavy (non-hydrogen) atoms. The number of thiocarbonyl (C=S) groups is 1. The number of nitrogens with zero attached hydrogens (tertiary/aromatic N) is 3. The van der Waals surface area contributed by atoms with Crippen LogP contribution in [0.25, 0.3) is 5.69 Å². The minimum absolute atomic E-state index is 0.0783. The van der Waals surface area contributed by atoms with Gasteiger partial charge in [0.05, 0.1) is 17.8 Å². The summed E-state index contributed by atoms with van der Waals surface area (Å²) < 4.78 is 15.7. The maximum absolute atomic E-state index is 13.6. The van der Waals surface area contributed by atoms with Crippen molar-refractivity contribution in [3.05, 3.63) is 114 Å². The Labute approximate surface area is 214 Å². The maximum atomic E-state index is 13.6. The largest absolute Gasteiger partial charge is 0.352 e. The minimum atomic E-state index is -0.280. The molecule has 2 aromatic heterocycles. The maximum Gasteiger partial charge on any atom is 0.244 e. The number of amides is 1. The van der Waals surface area contributed by atoms with Gasteiger partial charge in [0.1, 0.15) is 12.4 Å². The van der Waals surface area contributed by atoms with Crippen LogP contribution in [-0.2, 0) is 4.79 Å². The van der Waals surface area contributed by atoms with E-state index in [2.05, 4.69) is 26.3 Å². The van der Waals surface area contributed by atoms with Crippen LogP contribution < -0.4 is 10.6 Å². The molecule has 2 N–H and O–H groups in total. The number of hydrogen-bond acceptors (Lipinski definition) is 3. The third-order valence-corrected chi connectivity index (χ3v) is 6.80. The molecule has 2 aromatic carbocycles. The third-order valence-electron chi connectivity index (χ3n) is 6.44. The number of pyridine rings is 1. The van der Waals surface area contributed by atoms with E-state index in [9.17, 15) is 9.18 Å². The van der Waals surface area contributed by atoms with Crippen LogP contribution in [0.4, 0.5) is 10.1 Å². The van der Waals surface area contributed by atoms with Crippen molar-refractivity contribution in [1.82, 2.24) is 19.8 Å². The summed E-state index contributed by atoms with van der Waals surface area (Å²) in [7, 11) is 0. The Balaban J connectivity index is 1.53. The Hall–Kier alpha value is -4.04. The standard InChI is InChI=1S/C28H26FN5OS/c1-18-16-23(19(2)34(18)22-13-11-20(29)12-14-22)27-26(24-10-6-7-15-30-24)32-28(36)33(27)17-25(35)31-21-8-4-3-5-9-21/h3-16,26-27H,17H2,1-2H3,(H,31,35)(H,32,36)/t26-,27-/m0/s1. The molecule has 8 heteroatoms. The van der Waals surface area contributed by atoms with Crippen molar-refractivity contribution in [1.29, 1.82) is 0 Å². The topological polar surface area (TPSA) is 62.2 Å². The molecule has 3 heterocycles. The van der Waals surface area contributed by atoms with Gasteiger partial charge in [-0.05, 0) is 86.2 Å². The van der Waals surface area contributed by atoms with E-state index in [0.29, 0.717) is 5.11 Å². The number of carbonyl (C=O) groups is 1. The number of aromatic nitrogens is 2. The first kappa shape index (κ1) is 23.7. The second-order valence-corrected chi connectivity index (χ2v) is 9.19. The first-order chi connectivity index (χ1) is 17.4. The molecule has 0 unspecified atom stereocenters. The van der Waals surface area contributed by atoms with Crippen LogP contribution >= 0.6 is 12.2 Å². The number of nitrogens with one attached hydrogen (secondary N) is 2. The third kappa shape index (κ3) is 4.59. The molecule has 2 atom stereocenters. The predicted molar refractivity (Wildman–Crippen MR) is 142 cm³/mol. The number of rotatable bonds is 6. The molecule has 1 aliphatic heterocycles. The second kappa shape index (κ2) is 9.91. The fraction of sp³-hybridized carbons (Fsp3) is 0.179. The van der Waals surface area contributed by atoms with Crippen LogP contribution in [0.3, 0.4) is 0 Å². The van der Waals surface area contributed by atoms with Crippen molar-refractivity contribution >= 4 is 28.9 Å². The summed E-state index contributed by atoms with van der Waals surface area (Å²) in [6.07, 6.45) is 1.75. The van der Waals surface area contributed by atoms with E-state index in [4.69, 9.17) is 12.2 Å². The summed E-state index contributed by atoms with van der Waals surface area (Å²) in [6.45, 7) is 4.13. The van der Waals surface area contributed by atoms with Crippen molar-refractivity contribution in [2.45, 2.75) is 25.9 Å². The van der Waals surface area contributed by atoms with Crippen LogP contribution in [0.1, 0.15) is 34.7 Å². The Morgan fingerprint density at radius 1 is 1.06 bits per heavy atom. The van der Waals surface area contributed by atoms with Crippen molar-refractivity contribution in [2.24, 2.45) is 0 Å². The lowest BCUT2D eigenvalue weighted by molar-refractivity contribution is -0.116. The molecule has 1 saturated heterocycles. The lowest BCUT2D eigenvalue weighted by atomic mass is 9.96. The van der Waals surface area contributed by atoms with Gasteiger partial charge in [0.25, 0.3) is 0 Å². The number of aryl methyl sites for hydroxylation is 1. The molecule has 6 nitrogen and oxygen atoms in total. The van der Waals surface area contributed by atoms with E-state index < -0.39 is 0 Å². The summed E-state index contributed by atoms with van der Waals surface area (Å²) in [5.74, 6) is -0.443. The van der Waals surface area contributed by atoms with Crippen LogP contribution in [0.5, 0.6) is 0 Å². The molecule has 0 spiro atoms. The highest BCUT2D eigenvalue weighted by Gasteiger charge is 2.42. The van der Waals surface area contributed by atoms with Gasteiger partial charge >= 0.3 is 0 Å². The smallest absolute Gasteiger partial charge is 0.244 e. The molecule has 1 aliphatic rings. The van der Waals surface area contributed by atoms with Crippen LogP contribution in [0.2, 0.25) is 0 Å². The Bertz CT molecular complexity index is 1390. The van der Waals surface area contributed by atoms with E-state index in [1.165, 1.54) is 12.1 Å². The minimum Gasteiger partial charge on any atom is -0.352 e. The van der Waals surface area contributed by atoms with Gasteiger partial charge in [-0.25, -0.2) is 4.39 Å². The molecule has 1 amide bonds. The van der Waals surface area contributed by atoms with Crippen molar-refractivity contribution < 1.29 is 9.18 Å². The van der Waals surface area contributed by atoms with E-state index in [1.54, 1.807) is 18.3 Å². The summed E-state index contributed by atoms with van der Waals surface area (Å²) in [4.78, 5) is 19.5. The molecular weight excluding hydrogens is 473 g/mol. The molecule has 182 valence electrons. The SMILES string of the molecule is Cc1cc([C@H]2[C@H](c3ccccn3)NC(=S)N2CC(=O)Nc2ccccc2)c(C)n1-c1ccc(F)cc1. The molecule has 0 bridgehead atoms. The second-order valence-electron chi connectivity index (χ2n) is 8.81. The number of anilines is 1. The quantitative estimate of drug-likeness (QED) is 0.355. The molecule has 0 saturated carbocycles. The zero-order valence-corrected chi connectivity index (χ0v) is 20.8. The van der Waals surface area contributed by atoms with Gasteiger partial charge in [-0.1, -0.05) is 24.3 Å². The highest BCUT2D eigenvalue weighted by atomic mass is 32.1. The molecule has 0 radical (unpaired) electrons. The van der Waals surface area contributed by atoms with E-state index in [-0.39, 0.29) is 30.4 Å². The zero-order chi connectivity index (χ0) is 25.2. The zero-order valence-electron chi connectivity index (χ0n) is 20.0. The Morgan fingerprint density at radius 3 is 2.47 bits per heavy atom. The number of hydrogen-bond donors (Lipinski definition) is 2. The molecule has 4 aromatic rings. The van der Waals surface area contributed by atoms with Crippen molar-refractivity contribution in [3.63, 3.8) is 0 Å². The van der Waals surface area contributed by atoms with Gasteiger partial charge in [-0.15, -0.1) is 0 Å². The summed E-state index contributed by atoms with van der Waals surface area (Å²) >= 11 is 5.73. The average molecular weight is 500 g/mol. The summed E-state index contributed by atoms with van der Waals surface area (Å²) in [6, 6.07) is 23.2. The van der Waals surface area contributed by atoms with Gasteiger partial charge in [-0.2, -0.15) is 0 Å². The first-order valence-electron chi connectivity index (χ1n) is 11.7. The molecule has 1 fully saturated rings. The highest BCUT2D eigenvalue weighted by Crippen LogP contribution is 2.41. The summed E-state index contributed by atoms with van der Waals surface area (Å²) in [5.41, 5.74) is 5.45. The summed E-state index contributed by atoms with van der Waals surface area (Å²) in [5, 5.41) is 6.84. The number of benzene rings is 2. The van der Waals surface area contributed by atoms with Gasteiger partial charge < -0.3 is 20.1 Å². The molecular formula is C28H26FN5OS. The Kier molecular flexibility index (Phi) is 6.52. The van der Waals surface area contributed by atoms with Crippen LogP contribution in [-0.4, -0.2) is 32.0 Å². The first-order valence-corrected chi connectivity index (χ1v) is 12.1. The van der Waals surface area contributed by atoms with Crippen molar-refractivity contribution in [2.75, 3.05) is 11.9 Å². The van der Waals surface area contributed by atoms with Crippen LogP contribution in [0, 0.1) is 19.7 Å².